The van der Waals surface area contributed by atoms with E-state index in [0.717, 1.165) is 66.7 Å². The van der Waals surface area contributed by atoms with Crippen molar-refractivity contribution in [1.82, 2.24) is 14.9 Å². The minimum Gasteiger partial charge on any atom is -0.326 e. The molecule has 0 radical (unpaired) electrons. The fraction of sp³-hybridized carbons (Fsp3) is 0.320. The van der Waals surface area contributed by atoms with Crippen molar-refractivity contribution < 1.29 is 4.79 Å². The van der Waals surface area contributed by atoms with Crippen LogP contribution in [0.5, 0.6) is 0 Å². The van der Waals surface area contributed by atoms with Gasteiger partial charge in [0, 0.05) is 66.9 Å². The Morgan fingerprint density at radius 3 is 2.42 bits per heavy atom. The van der Waals surface area contributed by atoms with E-state index in [1.54, 1.807) is 0 Å². The van der Waals surface area contributed by atoms with Gasteiger partial charge in [-0.2, -0.15) is 0 Å². The van der Waals surface area contributed by atoms with E-state index < -0.39 is 0 Å². The second-order valence-electron chi connectivity index (χ2n) is 7.93. The second kappa shape index (κ2) is 9.58. The van der Waals surface area contributed by atoms with E-state index in [2.05, 4.69) is 29.3 Å². The molecular formula is C25H27ClN4O. The molecule has 0 saturated heterocycles. The molecule has 31 heavy (non-hydrogen) atoms. The number of nitrogens with zero attached hydrogens (tertiary/aromatic N) is 3. The summed E-state index contributed by atoms with van der Waals surface area (Å²) in [6.45, 7) is 6.41. The molecule has 0 unspecified atom stereocenters. The molecule has 0 atom stereocenters. The molecule has 0 bridgehead atoms. The molecule has 4 rings (SSSR count). The topological polar surface area (TPSA) is 58.1 Å². The molecule has 1 aromatic heterocycles. The predicted octanol–water partition coefficient (Wildman–Crippen LogP) is 4.92. The zero-order valence-electron chi connectivity index (χ0n) is 18.0. The van der Waals surface area contributed by atoms with Crippen LogP contribution in [-0.2, 0) is 30.6 Å². The molecule has 1 amide bonds. The van der Waals surface area contributed by atoms with Gasteiger partial charge < -0.3 is 5.32 Å². The van der Waals surface area contributed by atoms with Crippen LogP contribution < -0.4 is 5.32 Å². The number of aryl methyl sites for hydroxylation is 1. The third-order valence-corrected chi connectivity index (χ3v) is 5.85. The van der Waals surface area contributed by atoms with Gasteiger partial charge in [-0.25, -0.2) is 9.97 Å². The molecule has 1 aliphatic heterocycles. The van der Waals surface area contributed by atoms with Crippen LogP contribution in [0.1, 0.15) is 36.5 Å². The maximum atomic E-state index is 11.2. The Morgan fingerprint density at radius 2 is 1.74 bits per heavy atom. The summed E-state index contributed by atoms with van der Waals surface area (Å²) in [6.07, 6.45) is 2.65. The highest BCUT2D eigenvalue weighted by Gasteiger charge is 2.21. The highest BCUT2D eigenvalue weighted by Crippen LogP contribution is 2.28. The van der Waals surface area contributed by atoms with Crippen LogP contribution in [0.2, 0.25) is 5.02 Å². The standard InChI is InChI=1S/C25H27ClN4O/c1-3-24-28-23-13-15-30(16-18-4-10-21(11-5-18)27-17(2)31)14-12-22(23)25(29-24)19-6-8-20(26)9-7-19/h4-11H,3,12-16H2,1-2H3,(H,27,31). The minimum atomic E-state index is -0.0536. The van der Waals surface area contributed by atoms with E-state index in [1.165, 1.54) is 23.7 Å². The number of carbonyl (C=O) groups is 1. The minimum absolute atomic E-state index is 0.0536. The van der Waals surface area contributed by atoms with Crippen molar-refractivity contribution in [3.05, 3.63) is 76.2 Å². The van der Waals surface area contributed by atoms with Gasteiger partial charge in [-0.15, -0.1) is 0 Å². The number of fused-ring (bicyclic) bond motifs is 1. The number of hydrogen-bond acceptors (Lipinski definition) is 4. The zero-order chi connectivity index (χ0) is 21.8. The van der Waals surface area contributed by atoms with Gasteiger partial charge in [0.25, 0.3) is 0 Å². The van der Waals surface area contributed by atoms with Crippen molar-refractivity contribution in [1.29, 1.82) is 0 Å². The Balaban J connectivity index is 1.53. The first kappa shape index (κ1) is 21.5. The Labute approximate surface area is 188 Å². The molecule has 1 aliphatic rings. The SMILES string of the molecule is CCc1nc2c(c(-c3ccc(Cl)cc3)n1)CCN(Cc1ccc(NC(C)=O)cc1)CC2. The van der Waals surface area contributed by atoms with Gasteiger partial charge in [0.2, 0.25) is 5.91 Å². The fourth-order valence-corrected chi connectivity index (χ4v) is 4.14. The van der Waals surface area contributed by atoms with Crippen molar-refractivity contribution in [2.45, 2.75) is 39.7 Å². The number of benzene rings is 2. The lowest BCUT2D eigenvalue weighted by atomic mass is 10.0. The lowest BCUT2D eigenvalue weighted by Crippen LogP contribution is -2.26. The van der Waals surface area contributed by atoms with E-state index in [-0.39, 0.29) is 5.91 Å². The normalized spacial score (nSPS) is 14.0. The van der Waals surface area contributed by atoms with E-state index in [9.17, 15) is 4.79 Å². The second-order valence-corrected chi connectivity index (χ2v) is 8.36. The third-order valence-electron chi connectivity index (χ3n) is 5.60. The van der Waals surface area contributed by atoms with Gasteiger partial charge in [-0.05, 0) is 36.2 Å². The molecule has 2 heterocycles. The number of halogens is 1. The fourth-order valence-electron chi connectivity index (χ4n) is 4.01. The average molecular weight is 435 g/mol. The summed E-state index contributed by atoms with van der Waals surface area (Å²) in [5.41, 5.74) is 6.62. The maximum Gasteiger partial charge on any atom is 0.221 e. The van der Waals surface area contributed by atoms with Crippen molar-refractivity contribution in [3.8, 4) is 11.3 Å². The highest BCUT2D eigenvalue weighted by atomic mass is 35.5. The van der Waals surface area contributed by atoms with Gasteiger partial charge in [0.05, 0.1) is 5.69 Å². The number of nitrogens with one attached hydrogen (secondary N) is 1. The largest absolute Gasteiger partial charge is 0.326 e. The number of amides is 1. The van der Waals surface area contributed by atoms with Crippen LogP contribution in [0.25, 0.3) is 11.3 Å². The molecule has 160 valence electrons. The number of anilines is 1. The van der Waals surface area contributed by atoms with Gasteiger partial charge in [0.1, 0.15) is 5.82 Å². The van der Waals surface area contributed by atoms with Crippen LogP contribution in [0, 0.1) is 0 Å². The maximum absolute atomic E-state index is 11.2. The smallest absolute Gasteiger partial charge is 0.221 e. The first-order chi connectivity index (χ1) is 15.0. The first-order valence-electron chi connectivity index (χ1n) is 10.8. The molecule has 2 aromatic carbocycles. The molecule has 3 aromatic rings. The summed E-state index contributed by atoms with van der Waals surface area (Å²) in [7, 11) is 0. The van der Waals surface area contributed by atoms with Crippen molar-refractivity contribution >= 4 is 23.2 Å². The average Bonchev–Trinajstić information content (AvgIpc) is 2.97. The van der Waals surface area contributed by atoms with Gasteiger partial charge in [-0.3, -0.25) is 9.69 Å². The molecular weight excluding hydrogens is 408 g/mol. The predicted molar refractivity (Wildman–Crippen MR) is 125 cm³/mol. The number of aromatic nitrogens is 2. The van der Waals surface area contributed by atoms with Crippen LogP contribution >= 0.6 is 11.6 Å². The molecule has 5 nitrogen and oxygen atoms in total. The summed E-state index contributed by atoms with van der Waals surface area (Å²) in [5, 5.41) is 3.55. The summed E-state index contributed by atoms with van der Waals surface area (Å²) < 4.78 is 0. The quantitative estimate of drug-likeness (QED) is 0.619. The van der Waals surface area contributed by atoms with E-state index >= 15 is 0 Å². The third kappa shape index (κ3) is 5.30. The monoisotopic (exact) mass is 434 g/mol. The zero-order valence-corrected chi connectivity index (χ0v) is 18.7. The lowest BCUT2D eigenvalue weighted by Gasteiger charge is -2.20. The Morgan fingerprint density at radius 1 is 1.03 bits per heavy atom. The number of rotatable bonds is 5. The highest BCUT2D eigenvalue weighted by molar-refractivity contribution is 6.30. The first-order valence-corrected chi connectivity index (χ1v) is 11.1. The van der Waals surface area contributed by atoms with Crippen molar-refractivity contribution in [3.63, 3.8) is 0 Å². The Hall–Kier alpha value is -2.76. The van der Waals surface area contributed by atoms with E-state index in [0.29, 0.717) is 0 Å². The molecule has 0 spiro atoms. The molecule has 6 heteroatoms. The molecule has 1 N–H and O–H groups in total. The molecule has 0 fully saturated rings. The Bertz CT molecular complexity index is 1060. The summed E-state index contributed by atoms with van der Waals surface area (Å²) in [6, 6.07) is 16.0. The van der Waals surface area contributed by atoms with Crippen LogP contribution in [0.3, 0.4) is 0 Å². The van der Waals surface area contributed by atoms with Crippen molar-refractivity contribution in [2.24, 2.45) is 0 Å². The van der Waals surface area contributed by atoms with Crippen LogP contribution in [0.4, 0.5) is 5.69 Å². The van der Waals surface area contributed by atoms with Gasteiger partial charge >= 0.3 is 0 Å². The molecule has 0 saturated carbocycles. The summed E-state index contributed by atoms with van der Waals surface area (Å²) in [4.78, 5) is 23.4. The van der Waals surface area contributed by atoms with E-state index in [4.69, 9.17) is 21.6 Å². The van der Waals surface area contributed by atoms with Crippen LogP contribution in [0.15, 0.2) is 48.5 Å². The number of hydrogen-bond donors (Lipinski definition) is 1. The van der Waals surface area contributed by atoms with E-state index in [1.807, 2.05) is 36.4 Å². The summed E-state index contributed by atoms with van der Waals surface area (Å²) >= 11 is 6.10. The van der Waals surface area contributed by atoms with Crippen LogP contribution in [-0.4, -0.2) is 33.9 Å². The number of carbonyl (C=O) groups excluding carboxylic acids is 1. The Kier molecular flexibility index (Phi) is 6.64. The van der Waals surface area contributed by atoms with Gasteiger partial charge in [-0.1, -0.05) is 42.8 Å². The van der Waals surface area contributed by atoms with Crippen molar-refractivity contribution in [2.75, 3.05) is 18.4 Å². The van der Waals surface area contributed by atoms with Gasteiger partial charge in [0.15, 0.2) is 0 Å². The summed E-state index contributed by atoms with van der Waals surface area (Å²) in [5.74, 6) is 0.841. The lowest BCUT2D eigenvalue weighted by molar-refractivity contribution is -0.114. The molecule has 0 aliphatic carbocycles.